The summed E-state index contributed by atoms with van der Waals surface area (Å²) in [6.45, 7) is 4.58. The minimum absolute atomic E-state index is 0.00696. The molecule has 0 saturated heterocycles. The van der Waals surface area contributed by atoms with E-state index in [-0.39, 0.29) is 23.7 Å². The van der Waals surface area contributed by atoms with E-state index in [0.717, 1.165) is 36.8 Å². The predicted octanol–water partition coefficient (Wildman–Crippen LogP) is 4.37. The van der Waals surface area contributed by atoms with Crippen molar-refractivity contribution in [2.24, 2.45) is 11.8 Å². The minimum atomic E-state index is -0.0685. The highest BCUT2D eigenvalue weighted by Gasteiger charge is 2.30. The van der Waals surface area contributed by atoms with Crippen molar-refractivity contribution in [2.75, 3.05) is 12.4 Å². The van der Waals surface area contributed by atoms with Crippen molar-refractivity contribution in [1.29, 1.82) is 0 Å². The lowest BCUT2D eigenvalue weighted by Gasteiger charge is -2.27. The molecule has 2 N–H and O–H groups in total. The number of nitrogens with one attached hydrogen (secondary N) is 2. The van der Waals surface area contributed by atoms with E-state index >= 15 is 0 Å². The molecule has 1 aliphatic rings. The van der Waals surface area contributed by atoms with Crippen molar-refractivity contribution < 1.29 is 14.3 Å². The van der Waals surface area contributed by atoms with Crippen LogP contribution < -0.4 is 15.4 Å². The molecule has 1 aliphatic carbocycles. The number of carbonyl (C=O) groups is 2. The third-order valence-corrected chi connectivity index (χ3v) is 5.63. The van der Waals surface area contributed by atoms with Crippen molar-refractivity contribution in [1.82, 2.24) is 5.32 Å². The molecule has 0 spiro atoms. The quantitative estimate of drug-likeness (QED) is 0.764. The standard InChI is InChI=1S/C24H30N2O3/c1-16-5-4-6-18(13-16)15-25-23(27)19-8-10-20(11-9-19)24(28)26-21-14-17(2)7-12-22(21)29-3/h4-7,12-14,19-20H,8-11,15H2,1-3H3,(H,25,27)(H,26,28). The number of hydrogen-bond donors (Lipinski definition) is 2. The van der Waals surface area contributed by atoms with Crippen LogP contribution in [0.4, 0.5) is 5.69 Å². The molecule has 2 amide bonds. The number of benzene rings is 2. The average Bonchev–Trinajstić information content (AvgIpc) is 2.72. The van der Waals surface area contributed by atoms with Crippen LogP contribution in [0.1, 0.15) is 42.4 Å². The van der Waals surface area contributed by atoms with Crippen LogP contribution in [0.3, 0.4) is 0 Å². The number of carbonyl (C=O) groups excluding carboxylic acids is 2. The maximum atomic E-state index is 12.7. The van der Waals surface area contributed by atoms with Gasteiger partial charge in [-0.25, -0.2) is 0 Å². The molecule has 3 rings (SSSR count). The first-order valence-corrected chi connectivity index (χ1v) is 10.2. The lowest BCUT2D eigenvalue weighted by atomic mass is 9.81. The summed E-state index contributed by atoms with van der Waals surface area (Å²) < 4.78 is 5.34. The Hall–Kier alpha value is -2.82. The number of anilines is 1. The van der Waals surface area contributed by atoms with Gasteiger partial charge in [-0.1, -0.05) is 35.9 Å². The predicted molar refractivity (Wildman–Crippen MR) is 115 cm³/mol. The van der Waals surface area contributed by atoms with E-state index in [1.807, 2.05) is 50.2 Å². The zero-order valence-electron chi connectivity index (χ0n) is 17.5. The molecular formula is C24H30N2O3. The Morgan fingerprint density at radius 3 is 2.24 bits per heavy atom. The summed E-state index contributed by atoms with van der Waals surface area (Å²) in [6, 6.07) is 13.9. The van der Waals surface area contributed by atoms with Gasteiger partial charge in [-0.2, -0.15) is 0 Å². The SMILES string of the molecule is COc1ccc(C)cc1NC(=O)C1CCC(C(=O)NCc2cccc(C)c2)CC1. The van der Waals surface area contributed by atoms with Crippen LogP contribution in [0.15, 0.2) is 42.5 Å². The molecule has 2 aromatic carbocycles. The van der Waals surface area contributed by atoms with Crippen molar-refractivity contribution in [3.8, 4) is 5.75 Å². The molecule has 5 heteroatoms. The first-order chi connectivity index (χ1) is 14.0. The zero-order valence-corrected chi connectivity index (χ0v) is 17.5. The number of methoxy groups -OCH3 is 1. The van der Waals surface area contributed by atoms with Gasteiger partial charge in [-0.3, -0.25) is 9.59 Å². The Kier molecular flexibility index (Phi) is 6.91. The molecule has 0 unspecified atom stereocenters. The molecule has 1 fully saturated rings. The molecule has 0 heterocycles. The average molecular weight is 395 g/mol. The highest BCUT2D eigenvalue weighted by molar-refractivity contribution is 5.94. The fraction of sp³-hybridized carbons (Fsp3) is 0.417. The van der Waals surface area contributed by atoms with Gasteiger partial charge >= 0.3 is 0 Å². The number of rotatable bonds is 6. The van der Waals surface area contributed by atoms with Crippen molar-refractivity contribution >= 4 is 17.5 Å². The molecule has 0 aliphatic heterocycles. The van der Waals surface area contributed by atoms with Crippen LogP contribution in [-0.4, -0.2) is 18.9 Å². The minimum Gasteiger partial charge on any atom is -0.495 e. The third kappa shape index (κ3) is 5.59. The second-order valence-corrected chi connectivity index (χ2v) is 7.95. The molecule has 2 aromatic rings. The van der Waals surface area contributed by atoms with Crippen LogP contribution in [-0.2, 0) is 16.1 Å². The first kappa shape index (κ1) is 20.9. The van der Waals surface area contributed by atoms with Crippen LogP contribution in [0.2, 0.25) is 0 Å². The van der Waals surface area contributed by atoms with Gasteiger partial charge in [0.1, 0.15) is 5.75 Å². The van der Waals surface area contributed by atoms with Gasteiger partial charge < -0.3 is 15.4 Å². The zero-order chi connectivity index (χ0) is 20.8. The second kappa shape index (κ2) is 9.59. The Labute approximate surface area is 172 Å². The number of hydrogen-bond acceptors (Lipinski definition) is 3. The second-order valence-electron chi connectivity index (χ2n) is 7.95. The lowest BCUT2D eigenvalue weighted by molar-refractivity contribution is -0.128. The summed E-state index contributed by atoms with van der Waals surface area (Å²) >= 11 is 0. The van der Waals surface area contributed by atoms with Crippen LogP contribution >= 0.6 is 0 Å². The van der Waals surface area contributed by atoms with Gasteiger partial charge in [0.15, 0.2) is 0 Å². The summed E-state index contributed by atoms with van der Waals surface area (Å²) in [4.78, 5) is 25.2. The Morgan fingerprint density at radius 2 is 1.59 bits per heavy atom. The monoisotopic (exact) mass is 394 g/mol. The van der Waals surface area contributed by atoms with E-state index in [1.54, 1.807) is 7.11 Å². The molecule has 0 aromatic heterocycles. The number of ether oxygens (including phenoxy) is 1. The number of aryl methyl sites for hydroxylation is 2. The molecule has 5 nitrogen and oxygen atoms in total. The van der Waals surface area contributed by atoms with Crippen LogP contribution in [0.25, 0.3) is 0 Å². The molecule has 1 saturated carbocycles. The summed E-state index contributed by atoms with van der Waals surface area (Å²) in [5.74, 6) is 0.671. The summed E-state index contributed by atoms with van der Waals surface area (Å²) in [6.07, 6.45) is 2.93. The van der Waals surface area contributed by atoms with Crippen LogP contribution in [0, 0.1) is 25.7 Å². The smallest absolute Gasteiger partial charge is 0.227 e. The topological polar surface area (TPSA) is 67.4 Å². The summed E-state index contributed by atoms with van der Waals surface area (Å²) in [5.41, 5.74) is 4.07. The molecule has 29 heavy (non-hydrogen) atoms. The molecule has 0 bridgehead atoms. The summed E-state index contributed by atoms with van der Waals surface area (Å²) in [5, 5.41) is 6.05. The van der Waals surface area contributed by atoms with E-state index in [4.69, 9.17) is 4.74 Å². The van der Waals surface area contributed by atoms with Crippen molar-refractivity contribution in [3.05, 3.63) is 59.2 Å². The molecule has 0 radical (unpaired) electrons. The van der Waals surface area contributed by atoms with Gasteiger partial charge in [0.05, 0.1) is 12.8 Å². The first-order valence-electron chi connectivity index (χ1n) is 10.2. The van der Waals surface area contributed by atoms with E-state index in [1.165, 1.54) is 5.56 Å². The van der Waals surface area contributed by atoms with E-state index < -0.39 is 0 Å². The lowest BCUT2D eigenvalue weighted by Crippen LogP contribution is -2.35. The molecule has 0 atom stereocenters. The van der Waals surface area contributed by atoms with Crippen LogP contribution in [0.5, 0.6) is 5.75 Å². The maximum Gasteiger partial charge on any atom is 0.227 e. The van der Waals surface area contributed by atoms with Crippen molar-refractivity contribution in [2.45, 2.75) is 46.1 Å². The summed E-state index contributed by atoms with van der Waals surface area (Å²) in [7, 11) is 1.60. The Bertz CT molecular complexity index is 870. The van der Waals surface area contributed by atoms with Gasteiger partial charge in [-0.15, -0.1) is 0 Å². The van der Waals surface area contributed by atoms with E-state index in [9.17, 15) is 9.59 Å². The van der Waals surface area contributed by atoms with E-state index in [2.05, 4.69) is 16.7 Å². The largest absolute Gasteiger partial charge is 0.495 e. The van der Waals surface area contributed by atoms with Gasteiger partial charge in [-0.05, 0) is 62.8 Å². The van der Waals surface area contributed by atoms with Gasteiger partial charge in [0, 0.05) is 18.4 Å². The van der Waals surface area contributed by atoms with Gasteiger partial charge in [0.2, 0.25) is 11.8 Å². The molecule has 154 valence electrons. The fourth-order valence-corrected chi connectivity index (χ4v) is 3.93. The number of amides is 2. The highest BCUT2D eigenvalue weighted by atomic mass is 16.5. The fourth-order valence-electron chi connectivity index (χ4n) is 3.93. The molecular weight excluding hydrogens is 364 g/mol. The van der Waals surface area contributed by atoms with E-state index in [0.29, 0.717) is 18.0 Å². The highest BCUT2D eigenvalue weighted by Crippen LogP contribution is 2.31. The maximum absolute atomic E-state index is 12.7. The van der Waals surface area contributed by atoms with Crippen molar-refractivity contribution in [3.63, 3.8) is 0 Å². The third-order valence-electron chi connectivity index (χ3n) is 5.63. The van der Waals surface area contributed by atoms with Gasteiger partial charge in [0.25, 0.3) is 0 Å². The Balaban J connectivity index is 1.49. The normalized spacial score (nSPS) is 18.7. The Morgan fingerprint density at radius 1 is 0.931 bits per heavy atom.